The van der Waals surface area contributed by atoms with Gasteiger partial charge in [0.05, 0.1) is 12.8 Å². The number of ether oxygens (including phenoxy) is 2. The number of piperidine rings is 1. The summed E-state index contributed by atoms with van der Waals surface area (Å²) in [5, 5.41) is 2.13. The molecule has 0 bridgehead atoms. The van der Waals surface area contributed by atoms with E-state index in [1.165, 1.54) is 4.88 Å². The van der Waals surface area contributed by atoms with Crippen molar-refractivity contribution in [2.24, 2.45) is 0 Å². The summed E-state index contributed by atoms with van der Waals surface area (Å²) in [7, 11) is 0. The maximum absolute atomic E-state index is 13.5. The number of benzene rings is 1. The van der Waals surface area contributed by atoms with Crippen LogP contribution in [0.25, 0.3) is 0 Å². The Kier molecular flexibility index (Phi) is 5.95. The average Bonchev–Trinajstić information content (AvgIpc) is 3.58. The molecule has 1 aromatic carbocycles. The van der Waals surface area contributed by atoms with E-state index in [1.54, 1.807) is 12.3 Å². The molecule has 3 aromatic rings. The van der Waals surface area contributed by atoms with Crippen LogP contribution in [-0.4, -0.2) is 48.2 Å². The summed E-state index contributed by atoms with van der Waals surface area (Å²) in [5.41, 5.74) is 0.621. The Morgan fingerprint density at radius 3 is 2.74 bits per heavy atom. The standard InChI is InChI=1S/C24H26N2O4S/c27-24(18-5-6-22-23(15-18)30-17-29-22)26(16-20-3-1-13-28-20)19-7-10-25(11-8-19)12-9-21-4-2-14-31-21/h1-6,13-15,19H,7-12,16-17H2. The van der Waals surface area contributed by atoms with E-state index in [9.17, 15) is 4.79 Å². The molecule has 7 heteroatoms. The molecular weight excluding hydrogens is 412 g/mol. The van der Waals surface area contributed by atoms with Crippen LogP contribution >= 0.6 is 11.3 Å². The van der Waals surface area contributed by atoms with Gasteiger partial charge in [-0.05, 0) is 61.0 Å². The third-order valence-corrected chi connectivity index (χ3v) is 6.98. The Bertz CT molecular complexity index is 995. The molecule has 1 amide bonds. The fraction of sp³-hybridized carbons (Fsp3) is 0.375. The number of amides is 1. The Morgan fingerprint density at radius 2 is 1.97 bits per heavy atom. The van der Waals surface area contributed by atoms with E-state index in [4.69, 9.17) is 13.9 Å². The van der Waals surface area contributed by atoms with Gasteiger partial charge in [0.1, 0.15) is 5.76 Å². The highest BCUT2D eigenvalue weighted by atomic mass is 32.1. The lowest BCUT2D eigenvalue weighted by molar-refractivity contribution is 0.0531. The minimum absolute atomic E-state index is 0.00624. The van der Waals surface area contributed by atoms with Crippen LogP contribution in [0.2, 0.25) is 0 Å². The molecule has 31 heavy (non-hydrogen) atoms. The molecule has 162 valence electrons. The largest absolute Gasteiger partial charge is 0.467 e. The van der Waals surface area contributed by atoms with Crippen molar-refractivity contribution < 1.29 is 18.7 Å². The summed E-state index contributed by atoms with van der Waals surface area (Å²) in [5.74, 6) is 2.13. The zero-order valence-corrected chi connectivity index (χ0v) is 18.2. The van der Waals surface area contributed by atoms with E-state index in [-0.39, 0.29) is 18.7 Å². The van der Waals surface area contributed by atoms with Crippen molar-refractivity contribution >= 4 is 17.2 Å². The summed E-state index contributed by atoms with van der Waals surface area (Å²) >= 11 is 1.82. The van der Waals surface area contributed by atoms with E-state index in [0.29, 0.717) is 23.6 Å². The lowest BCUT2D eigenvalue weighted by Gasteiger charge is -2.38. The van der Waals surface area contributed by atoms with Crippen molar-refractivity contribution in [2.75, 3.05) is 26.4 Å². The topological polar surface area (TPSA) is 55.2 Å². The monoisotopic (exact) mass is 438 g/mol. The van der Waals surface area contributed by atoms with Crippen LogP contribution in [0.5, 0.6) is 11.5 Å². The van der Waals surface area contributed by atoms with Crippen molar-refractivity contribution in [1.29, 1.82) is 0 Å². The van der Waals surface area contributed by atoms with Crippen molar-refractivity contribution in [3.05, 3.63) is 70.3 Å². The number of thiophene rings is 1. The molecule has 0 saturated carbocycles. The molecular formula is C24H26N2O4S. The van der Waals surface area contributed by atoms with Gasteiger partial charge in [0, 0.05) is 36.1 Å². The van der Waals surface area contributed by atoms with Crippen LogP contribution in [0, 0.1) is 0 Å². The maximum Gasteiger partial charge on any atom is 0.254 e. The van der Waals surface area contributed by atoms with E-state index in [2.05, 4.69) is 22.4 Å². The summed E-state index contributed by atoms with van der Waals surface area (Å²) in [6, 6.07) is 13.7. The first-order valence-electron chi connectivity index (χ1n) is 10.7. The fourth-order valence-electron chi connectivity index (χ4n) is 4.31. The molecule has 6 nitrogen and oxygen atoms in total. The predicted octanol–water partition coefficient (Wildman–Crippen LogP) is 4.42. The fourth-order valence-corrected chi connectivity index (χ4v) is 5.01. The summed E-state index contributed by atoms with van der Waals surface area (Å²) in [6.07, 6.45) is 4.67. The number of carbonyl (C=O) groups is 1. The molecule has 1 saturated heterocycles. The number of furan rings is 1. The zero-order chi connectivity index (χ0) is 21.0. The number of fused-ring (bicyclic) bond motifs is 1. The number of nitrogens with zero attached hydrogens (tertiary/aromatic N) is 2. The van der Waals surface area contributed by atoms with Crippen LogP contribution in [-0.2, 0) is 13.0 Å². The van der Waals surface area contributed by atoms with E-state index in [1.807, 2.05) is 40.5 Å². The molecule has 1 fully saturated rings. The van der Waals surface area contributed by atoms with Crippen molar-refractivity contribution in [1.82, 2.24) is 9.80 Å². The molecule has 0 atom stereocenters. The van der Waals surface area contributed by atoms with Gasteiger partial charge in [-0.2, -0.15) is 0 Å². The van der Waals surface area contributed by atoms with E-state index >= 15 is 0 Å². The second-order valence-corrected chi connectivity index (χ2v) is 9.01. The summed E-state index contributed by atoms with van der Waals surface area (Å²) < 4.78 is 16.4. The Labute approximate surface area is 186 Å². The highest BCUT2D eigenvalue weighted by Gasteiger charge is 2.30. The molecule has 5 rings (SSSR count). The first-order chi connectivity index (χ1) is 15.3. The first-order valence-corrected chi connectivity index (χ1v) is 11.6. The molecule has 0 N–H and O–H groups in total. The normalized spacial score (nSPS) is 16.5. The molecule has 0 spiro atoms. The lowest BCUT2D eigenvalue weighted by Crippen LogP contribution is -2.47. The second kappa shape index (κ2) is 9.16. The first kappa shape index (κ1) is 20.2. The van der Waals surface area contributed by atoms with E-state index in [0.717, 1.165) is 44.7 Å². The van der Waals surface area contributed by atoms with Crippen LogP contribution in [0.15, 0.2) is 58.5 Å². The Morgan fingerprint density at radius 1 is 1.10 bits per heavy atom. The van der Waals surface area contributed by atoms with Crippen molar-refractivity contribution in [2.45, 2.75) is 31.8 Å². The minimum atomic E-state index is 0.00624. The van der Waals surface area contributed by atoms with Crippen molar-refractivity contribution in [3.8, 4) is 11.5 Å². The van der Waals surface area contributed by atoms with Crippen LogP contribution < -0.4 is 9.47 Å². The Balaban J connectivity index is 1.27. The average molecular weight is 439 g/mol. The van der Waals surface area contributed by atoms with E-state index < -0.39 is 0 Å². The van der Waals surface area contributed by atoms with Crippen molar-refractivity contribution in [3.63, 3.8) is 0 Å². The van der Waals surface area contributed by atoms with Crippen LogP contribution in [0.4, 0.5) is 0 Å². The summed E-state index contributed by atoms with van der Waals surface area (Å²) in [4.78, 5) is 19.4. The molecule has 0 aliphatic carbocycles. The molecule has 0 unspecified atom stereocenters. The number of hydrogen-bond donors (Lipinski definition) is 0. The Hall–Kier alpha value is -2.77. The van der Waals surface area contributed by atoms with Gasteiger partial charge in [-0.1, -0.05) is 6.07 Å². The highest BCUT2D eigenvalue weighted by molar-refractivity contribution is 7.09. The van der Waals surface area contributed by atoms with Gasteiger partial charge in [-0.15, -0.1) is 11.3 Å². The second-order valence-electron chi connectivity index (χ2n) is 7.98. The predicted molar refractivity (Wildman–Crippen MR) is 119 cm³/mol. The highest BCUT2D eigenvalue weighted by Crippen LogP contribution is 2.33. The van der Waals surface area contributed by atoms with Gasteiger partial charge in [-0.25, -0.2) is 0 Å². The quantitative estimate of drug-likeness (QED) is 0.547. The third-order valence-electron chi connectivity index (χ3n) is 6.04. The minimum Gasteiger partial charge on any atom is -0.467 e. The molecule has 2 aliphatic heterocycles. The maximum atomic E-state index is 13.5. The molecule has 2 aliphatic rings. The van der Waals surface area contributed by atoms with Gasteiger partial charge in [-0.3, -0.25) is 4.79 Å². The number of likely N-dealkylation sites (tertiary alicyclic amines) is 1. The van der Waals surface area contributed by atoms with Crippen LogP contribution in [0.1, 0.15) is 33.8 Å². The van der Waals surface area contributed by atoms with Gasteiger partial charge in [0.15, 0.2) is 11.5 Å². The lowest BCUT2D eigenvalue weighted by atomic mass is 10.0. The summed E-state index contributed by atoms with van der Waals surface area (Å²) in [6.45, 7) is 3.74. The van der Waals surface area contributed by atoms with Gasteiger partial charge < -0.3 is 23.7 Å². The third kappa shape index (κ3) is 4.62. The SMILES string of the molecule is O=C(c1ccc2c(c1)OCO2)N(Cc1ccco1)C1CCN(CCc2cccs2)CC1. The molecule has 0 radical (unpaired) electrons. The van der Waals surface area contributed by atoms with Gasteiger partial charge in [0.2, 0.25) is 6.79 Å². The number of rotatable bonds is 7. The molecule has 4 heterocycles. The van der Waals surface area contributed by atoms with Gasteiger partial charge >= 0.3 is 0 Å². The number of carbonyl (C=O) groups excluding carboxylic acids is 1. The zero-order valence-electron chi connectivity index (χ0n) is 17.4. The smallest absolute Gasteiger partial charge is 0.254 e. The number of hydrogen-bond acceptors (Lipinski definition) is 6. The molecule has 2 aromatic heterocycles. The van der Waals surface area contributed by atoms with Gasteiger partial charge in [0.25, 0.3) is 5.91 Å². The van der Waals surface area contributed by atoms with Crippen LogP contribution in [0.3, 0.4) is 0 Å².